The highest BCUT2D eigenvalue weighted by molar-refractivity contribution is 5.20. The number of nitrogens with zero attached hydrogens (tertiary/aromatic N) is 2. The summed E-state index contributed by atoms with van der Waals surface area (Å²) in [5.41, 5.74) is 7.80. The molecule has 2 atom stereocenters. The third kappa shape index (κ3) is 3.05. The van der Waals surface area contributed by atoms with Gasteiger partial charge in [0.15, 0.2) is 0 Å². The first kappa shape index (κ1) is 14.1. The van der Waals surface area contributed by atoms with Crippen LogP contribution in [0.5, 0.6) is 0 Å². The Morgan fingerprint density at radius 2 is 1.75 bits per heavy atom. The van der Waals surface area contributed by atoms with E-state index in [2.05, 4.69) is 47.1 Å². The van der Waals surface area contributed by atoms with Gasteiger partial charge in [0.1, 0.15) is 0 Å². The molecule has 20 heavy (non-hydrogen) atoms. The Kier molecular flexibility index (Phi) is 4.39. The Morgan fingerprint density at radius 1 is 1.10 bits per heavy atom. The minimum Gasteiger partial charge on any atom is -0.323 e. The van der Waals surface area contributed by atoms with Gasteiger partial charge in [0.05, 0.1) is 0 Å². The van der Waals surface area contributed by atoms with Crippen molar-refractivity contribution in [3.63, 3.8) is 0 Å². The first-order chi connectivity index (χ1) is 9.79. The molecular formula is C17H27N3. The predicted octanol–water partition coefficient (Wildman–Crippen LogP) is 2.25. The standard InChI is InChI=1S/C17H27N3/c1-2-16(17(18)14-6-4-3-5-7-14)20-12-10-19(11-13-20)15-8-9-15/h3-7,15-17H,2,8-13,18H2,1H3. The molecule has 1 saturated carbocycles. The second kappa shape index (κ2) is 6.25. The van der Waals surface area contributed by atoms with E-state index in [-0.39, 0.29) is 6.04 Å². The van der Waals surface area contributed by atoms with Crippen LogP contribution in [0, 0.1) is 0 Å². The predicted molar refractivity (Wildman–Crippen MR) is 83.6 cm³/mol. The van der Waals surface area contributed by atoms with E-state index in [9.17, 15) is 0 Å². The monoisotopic (exact) mass is 273 g/mol. The molecule has 3 rings (SSSR count). The molecule has 2 N–H and O–H groups in total. The van der Waals surface area contributed by atoms with Crippen LogP contribution in [0.1, 0.15) is 37.8 Å². The lowest BCUT2D eigenvalue weighted by Crippen LogP contribution is -2.53. The van der Waals surface area contributed by atoms with Crippen molar-refractivity contribution in [2.45, 2.75) is 44.3 Å². The molecule has 0 radical (unpaired) electrons. The molecule has 110 valence electrons. The van der Waals surface area contributed by atoms with Gasteiger partial charge in [-0.1, -0.05) is 37.3 Å². The Balaban J connectivity index is 1.61. The van der Waals surface area contributed by atoms with E-state index in [4.69, 9.17) is 5.73 Å². The fourth-order valence-corrected chi connectivity index (χ4v) is 3.51. The number of benzene rings is 1. The smallest absolute Gasteiger partial charge is 0.0453 e. The summed E-state index contributed by atoms with van der Waals surface area (Å²) in [7, 11) is 0. The summed E-state index contributed by atoms with van der Waals surface area (Å²) < 4.78 is 0. The van der Waals surface area contributed by atoms with Gasteiger partial charge >= 0.3 is 0 Å². The van der Waals surface area contributed by atoms with Gasteiger partial charge < -0.3 is 5.73 Å². The highest BCUT2D eigenvalue weighted by atomic mass is 15.3. The Labute approximate surface area is 122 Å². The molecule has 0 aromatic heterocycles. The summed E-state index contributed by atoms with van der Waals surface area (Å²) in [4.78, 5) is 5.27. The molecule has 1 heterocycles. The molecule has 0 spiro atoms. The average molecular weight is 273 g/mol. The molecule has 1 saturated heterocycles. The topological polar surface area (TPSA) is 32.5 Å². The van der Waals surface area contributed by atoms with Crippen molar-refractivity contribution in [3.8, 4) is 0 Å². The lowest BCUT2D eigenvalue weighted by Gasteiger charge is -2.41. The van der Waals surface area contributed by atoms with Crippen LogP contribution >= 0.6 is 0 Å². The van der Waals surface area contributed by atoms with E-state index in [1.165, 1.54) is 44.6 Å². The second-order valence-corrected chi connectivity index (χ2v) is 6.22. The minimum absolute atomic E-state index is 0.133. The van der Waals surface area contributed by atoms with Gasteiger partial charge in [-0.2, -0.15) is 0 Å². The quantitative estimate of drug-likeness (QED) is 0.893. The SMILES string of the molecule is CCC(C(N)c1ccccc1)N1CCN(C2CC2)CC1. The van der Waals surface area contributed by atoms with E-state index in [0.717, 1.165) is 12.5 Å². The zero-order valence-corrected chi connectivity index (χ0v) is 12.5. The average Bonchev–Trinajstić information content (AvgIpc) is 3.34. The molecule has 2 fully saturated rings. The van der Waals surface area contributed by atoms with Crippen molar-refractivity contribution in [3.05, 3.63) is 35.9 Å². The molecule has 0 amide bonds. The molecule has 1 aromatic rings. The summed E-state index contributed by atoms with van der Waals surface area (Å²) in [6.45, 7) is 7.07. The molecular weight excluding hydrogens is 246 g/mol. The lowest BCUT2D eigenvalue weighted by molar-refractivity contribution is 0.0785. The van der Waals surface area contributed by atoms with Crippen molar-refractivity contribution in [1.82, 2.24) is 9.80 Å². The first-order valence-corrected chi connectivity index (χ1v) is 8.08. The van der Waals surface area contributed by atoms with Gasteiger partial charge in [-0.15, -0.1) is 0 Å². The molecule has 0 bridgehead atoms. The summed E-state index contributed by atoms with van der Waals surface area (Å²) in [5.74, 6) is 0. The minimum atomic E-state index is 0.133. The largest absolute Gasteiger partial charge is 0.323 e. The van der Waals surface area contributed by atoms with Crippen molar-refractivity contribution < 1.29 is 0 Å². The van der Waals surface area contributed by atoms with Crippen LogP contribution < -0.4 is 5.73 Å². The van der Waals surface area contributed by atoms with E-state index < -0.39 is 0 Å². The molecule has 2 aliphatic rings. The maximum absolute atomic E-state index is 6.53. The zero-order chi connectivity index (χ0) is 13.9. The molecule has 3 heteroatoms. The molecule has 1 aliphatic heterocycles. The summed E-state index contributed by atoms with van der Waals surface area (Å²) in [6.07, 6.45) is 3.96. The van der Waals surface area contributed by atoms with Crippen molar-refractivity contribution in [2.24, 2.45) is 5.73 Å². The lowest BCUT2D eigenvalue weighted by atomic mass is 9.96. The summed E-state index contributed by atoms with van der Waals surface area (Å²) in [6, 6.07) is 12.1. The first-order valence-electron chi connectivity index (χ1n) is 8.08. The van der Waals surface area contributed by atoms with E-state index in [1.54, 1.807) is 0 Å². The maximum Gasteiger partial charge on any atom is 0.0453 e. The van der Waals surface area contributed by atoms with Crippen LogP contribution in [-0.2, 0) is 0 Å². The highest BCUT2D eigenvalue weighted by Crippen LogP contribution is 2.29. The van der Waals surface area contributed by atoms with E-state index in [0.29, 0.717) is 6.04 Å². The van der Waals surface area contributed by atoms with Crippen LogP contribution in [0.15, 0.2) is 30.3 Å². The van der Waals surface area contributed by atoms with Crippen LogP contribution in [0.4, 0.5) is 0 Å². The fourth-order valence-electron chi connectivity index (χ4n) is 3.51. The summed E-state index contributed by atoms with van der Waals surface area (Å²) in [5, 5.41) is 0. The van der Waals surface area contributed by atoms with E-state index in [1.807, 2.05) is 0 Å². The van der Waals surface area contributed by atoms with Crippen LogP contribution in [0.3, 0.4) is 0 Å². The normalized spacial score (nSPS) is 24.5. The van der Waals surface area contributed by atoms with Crippen LogP contribution in [0.2, 0.25) is 0 Å². The van der Waals surface area contributed by atoms with Crippen molar-refractivity contribution in [2.75, 3.05) is 26.2 Å². The molecule has 1 aromatic carbocycles. The number of hydrogen-bond donors (Lipinski definition) is 1. The second-order valence-electron chi connectivity index (χ2n) is 6.22. The van der Waals surface area contributed by atoms with Crippen LogP contribution in [0.25, 0.3) is 0 Å². The molecule has 1 aliphatic carbocycles. The number of piperazine rings is 1. The van der Waals surface area contributed by atoms with Gasteiger partial charge in [0.2, 0.25) is 0 Å². The van der Waals surface area contributed by atoms with Gasteiger partial charge in [0, 0.05) is 44.3 Å². The number of hydrogen-bond acceptors (Lipinski definition) is 3. The van der Waals surface area contributed by atoms with E-state index >= 15 is 0 Å². The van der Waals surface area contributed by atoms with Gasteiger partial charge in [-0.25, -0.2) is 0 Å². The van der Waals surface area contributed by atoms with Gasteiger partial charge in [-0.3, -0.25) is 9.80 Å². The van der Waals surface area contributed by atoms with Gasteiger partial charge in [-0.05, 0) is 24.8 Å². The molecule has 3 nitrogen and oxygen atoms in total. The highest BCUT2D eigenvalue weighted by Gasteiger charge is 2.33. The Bertz CT molecular complexity index is 408. The Hall–Kier alpha value is -0.900. The Morgan fingerprint density at radius 3 is 2.30 bits per heavy atom. The molecule has 2 unspecified atom stereocenters. The van der Waals surface area contributed by atoms with Crippen molar-refractivity contribution >= 4 is 0 Å². The third-order valence-corrected chi connectivity index (χ3v) is 4.90. The number of nitrogens with two attached hydrogens (primary N) is 1. The number of rotatable bonds is 5. The summed E-state index contributed by atoms with van der Waals surface area (Å²) >= 11 is 0. The third-order valence-electron chi connectivity index (χ3n) is 4.90. The fraction of sp³-hybridized carbons (Fsp3) is 0.647. The zero-order valence-electron chi connectivity index (χ0n) is 12.5. The van der Waals surface area contributed by atoms with Gasteiger partial charge in [0.25, 0.3) is 0 Å². The van der Waals surface area contributed by atoms with Crippen molar-refractivity contribution in [1.29, 1.82) is 0 Å². The van der Waals surface area contributed by atoms with Crippen LogP contribution in [-0.4, -0.2) is 48.1 Å². The maximum atomic E-state index is 6.53.